The first kappa shape index (κ1) is 13.8. The van der Waals surface area contributed by atoms with Crippen LogP contribution in [0.2, 0.25) is 0 Å². The van der Waals surface area contributed by atoms with Crippen LogP contribution in [0.25, 0.3) is 5.57 Å². The summed E-state index contributed by atoms with van der Waals surface area (Å²) in [5, 5.41) is 11.5. The van der Waals surface area contributed by atoms with Gasteiger partial charge in [0.25, 0.3) is 0 Å². The lowest BCUT2D eigenvalue weighted by molar-refractivity contribution is -0.130. The maximum Gasteiger partial charge on any atom is 0.165 e. The predicted molar refractivity (Wildman–Crippen MR) is 83.5 cm³/mol. The molecule has 21 heavy (non-hydrogen) atoms. The lowest BCUT2D eigenvalue weighted by atomic mass is 9.69. The second kappa shape index (κ2) is 4.68. The van der Waals surface area contributed by atoms with Gasteiger partial charge in [-0.15, -0.1) is 0 Å². The van der Waals surface area contributed by atoms with Crippen LogP contribution < -0.4 is 0 Å². The first-order chi connectivity index (χ1) is 9.98. The Morgan fingerprint density at radius 1 is 0.857 bits per heavy atom. The molecule has 106 valence electrons. The fourth-order valence-electron chi connectivity index (χ4n) is 3.04. The molecule has 0 fully saturated rings. The smallest absolute Gasteiger partial charge is 0.165 e. The number of ketones is 1. The van der Waals surface area contributed by atoms with Crippen LogP contribution in [0.15, 0.2) is 66.7 Å². The molecular weight excluding hydrogens is 260 g/mol. The normalized spacial score (nSPS) is 24.0. The van der Waals surface area contributed by atoms with Crippen molar-refractivity contribution in [1.82, 2.24) is 0 Å². The molecule has 0 radical (unpaired) electrons. The molecule has 1 unspecified atom stereocenters. The number of allylic oxidation sites excluding steroid dienone is 1. The topological polar surface area (TPSA) is 37.3 Å². The Bertz CT molecular complexity index is 699. The van der Waals surface area contributed by atoms with Crippen molar-refractivity contribution in [2.24, 2.45) is 5.41 Å². The SMILES string of the molecule is CC1(C)C(=O)C=C(c2ccccc2)C1(O)c1ccccc1. The fraction of sp³-hybridized carbons (Fsp3) is 0.211. The van der Waals surface area contributed by atoms with Crippen LogP contribution in [0.3, 0.4) is 0 Å². The molecule has 0 saturated carbocycles. The summed E-state index contributed by atoms with van der Waals surface area (Å²) >= 11 is 0. The summed E-state index contributed by atoms with van der Waals surface area (Å²) in [6.07, 6.45) is 1.59. The fourth-order valence-corrected chi connectivity index (χ4v) is 3.04. The summed E-state index contributed by atoms with van der Waals surface area (Å²) in [6, 6.07) is 19.0. The minimum absolute atomic E-state index is 0.0484. The Hall–Kier alpha value is -2.19. The van der Waals surface area contributed by atoms with E-state index in [1.807, 2.05) is 60.7 Å². The molecule has 3 rings (SSSR count). The first-order valence-electron chi connectivity index (χ1n) is 7.08. The molecule has 1 aliphatic rings. The molecule has 1 atom stereocenters. The molecule has 0 saturated heterocycles. The third-order valence-corrected chi connectivity index (χ3v) is 4.46. The van der Waals surface area contributed by atoms with Crippen molar-refractivity contribution in [2.75, 3.05) is 0 Å². The Morgan fingerprint density at radius 2 is 1.38 bits per heavy atom. The van der Waals surface area contributed by atoms with E-state index in [1.165, 1.54) is 0 Å². The lowest BCUT2D eigenvalue weighted by Crippen LogP contribution is -2.42. The van der Waals surface area contributed by atoms with Crippen molar-refractivity contribution in [3.8, 4) is 0 Å². The highest BCUT2D eigenvalue weighted by Gasteiger charge is 2.56. The van der Waals surface area contributed by atoms with Crippen molar-refractivity contribution in [3.63, 3.8) is 0 Å². The molecular formula is C19H18O2. The van der Waals surface area contributed by atoms with Crippen molar-refractivity contribution in [2.45, 2.75) is 19.4 Å². The van der Waals surface area contributed by atoms with Gasteiger partial charge in [-0.1, -0.05) is 60.7 Å². The quantitative estimate of drug-likeness (QED) is 0.912. The molecule has 0 aliphatic heterocycles. The van der Waals surface area contributed by atoms with E-state index in [0.29, 0.717) is 5.57 Å². The van der Waals surface area contributed by atoms with Gasteiger partial charge in [-0.3, -0.25) is 4.79 Å². The number of carbonyl (C=O) groups is 1. The second-order valence-electron chi connectivity index (χ2n) is 5.99. The van der Waals surface area contributed by atoms with E-state index >= 15 is 0 Å². The summed E-state index contributed by atoms with van der Waals surface area (Å²) in [6.45, 7) is 3.60. The summed E-state index contributed by atoms with van der Waals surface area (Å²) in [5.41, 5.74) is 0.0923. The highest BCUT2D eigenvalue weighted by atomic mass is 16.3. The van der Waals surface area contributed by atoms with Crippen molar-refractivity contribution < 1.29 is 9.90 Å². The minimum Gasteiger partial charge on any atom is -0.379 e. The van der Waals surface area contributed by atoms with E-state index in [4.69, 9.17) is 0 Å². The van der Waals surface area contributed by atoms with Crippen molar-refractivity contribution >= 4 is 11.4 Å². The Morgan fingerprint density at radius 3 is 1.95 bits per heavy atom. The number of benzene rings is 2. The van der Waals surface area contributed by atoms with E-state index in [2.05, 4.69) is 0 Å². The number of carbonyl (C=O) groups excluding carboxylic acids is 1. The van der Waals surface area contributed by atoms with Crippen LogP contribution in [0, 0.1) is 5.41 Å². The van der Waals surface area contributed by atoms with Crippen LogP contribution in [0.1, 0.15) is 25.0 Å². The minimum atomic E-state index is -1.31. The van der Waals surface area contributed by atoms with Crippen LogP contribution >= 0.6 is 0 Å². The monoisotopic (exact) mass is 278 g/mol. The predicted octanol–water partition coefficient (Wildman–Crippen LogP) is 3.57. The molecule has 0 aromatic heterocycles. The Labute approximate surface area is 124 Å². The van der Waals surface area contributed by atoms with Gasteiger partial charge in [0.15, 0.2) is 5.78 Å². The maximum atomic E-state index is 12.4. The van der Waals surface area contributed by atoms with Crippen LogP contribution in [0.4, 0.5) is 0 Å². The molecule has 2 aromatic rings. The van der Waals surface area contributed by atoms with E-state index < -0.39 is 11.0 Å². The summed E-state index contributed by atoms with van der Waals surface area (Å²) in [7, 11) is 0. The average molecular weight is 278 g/mol. The van der Waals surface area contributed by atoms with Gasteiger partial charge < -0.3 is 5.11 Å². The molecule has 2 nitrogen and oxygen atoms in total. The Balaban J connectivity index is 2.24. The molecule has 0 amide bonds. The zero-order chi connectivity index (χ0) is 15.1. The molecule has 0 bridgehead atoms. The summed E-state index contributed by atoms with van der Waals surface area (Å²) < 4.78 is 0. The van der Waals surface area contributed by atoms with Crippen LogP contribution in [-0.2, 0) is 10.4 Å². The van der Waals surface area contributed by atoms with Gasteiger partial charge >= 0.3 is 0 Å². The van der Waals surface area contributed by atoms with E-state index in [-0.39, 0.29) is 5.78 Å². The number of hydrogen-bond acceptors (Lipinski definition) is 2. The third-order valence-electron chi connectivity index (χ3n) is 4.46. The molecule has 0 spiro atoms. The van der Waals surface area contributed by atoms with E-state index in [9.17, 15) is 9.90 Å². The van der Waals surface area contributed by atoms with Gasteiger partial charge in [-0.05, 0) is 36.6 Å². The van der Waals surface area contributed by atoms with Gasteiger partial charge in [-0.2, -0.15) is 0 Å². The lowest BCUT2D eigenvalue weighted by Gasteiger charge is -2.38. The van der Waals surface area contributed by atoms with Crippen molar-refractivity contribution in [1.29, 1.82) is 0 Å². The molecule has 2 aromatic carbocycles. The summed E-state index contributed by atoms with van der Waals surface area (Å²) in [4.78, 5) is 12.4. The maximum absolute atomic E-state index is 12.4. The zero-order valence-corrected chi connectivity index (χ0v) is 12.2. The number of hydrogen-bond donors (Lipinski definition) is 1. The van der Waals surface area contributed by atoms with Gasteiger partial charge in [0.05, 0.1) is 5.41 Å². The number of aliphatic hydroxyl groups is 1. The van der Waals surface area contributed by atoms with Crippen LogP contribution in [0.5, 0.6) is 0 Å². The van der Waals surface area contributed by atoms with E-state index in [0.717, 1.165) is 11.1 Å². The van der Waals surface area contributed by atoms with Gasteiger partial charge in [-0.25, -0.2) is 0 Å². The third kappa shape index (κ3) is 1.87. The van der Waals surface area contributed by atoms with Gasteiger partial charge in [0, 0.05) is 0 Å². The average Bonchev–Trinajstić information content (AvgIpc) is 2.70. The summed E-state index contributed by atoms with van der Waals surface area (Å²) in [5.74, 6) is -0.0484. The molecule has 1 aliphatic carbocycles. The molecule has 1 N–H and O–H groups in total. The van der Waals surface area contributed by atoms with Gasteiger partial charge in [0.2, 0.25) is 0 Å². The first-order valence-corrected chi connectivity index (χ1v) is 7.08. The van der Waals surface area contributed by atoms with Crippen molar-refractivity contribution in [3.05, 3.63) is 77.9 Å². The Kier molecular flexibility index (Phi) is 3.07. The van der Waals surface area contributed by atoms with Crippen LogP contribution in [-0.4, -0.2) is 10.9 Å². The largest absolute Gasteiger partial charge is 0.379 e. The van der Waals surface area contributed by atoms with Gasteiger partial charge in [0.1, 0.15) is 5.60 Å². The second-order valence-corrected chi connectivity index (χ2v) is 5.99. The molecule has 2 heteroatoms. The molecule has 0 heterocycles. The highest BCUT2D eigenvalue weighted by molar-refractivity contribution is 6.09. The zero-order valence-electron chi connectivity index (χ0n) is 12.2. The standard InChI is InChI=1S/C19H18O2/c1-18(2)17(20)13-16(14-9-5-3-6-10-14)19(18,21)15-11-7-4-8-12-15/h3-13,21H,1-2H3. The number of rotatable bonds is 2. The van der Waals surface area contributed by atoms with E-state index in [1.54, 1.807) is 19.9 Å². The highest BCUT2D eigenvalue weighted by Crippen LogP contribution is 2.53.